The van der Waals surface area contributed by atoms with Gasteiger partial charge in [-0.15, -0.1) is 23.1 Å². The average Bonchev–Trinajstić information content (AvgIpc) is 3.29. The summed E-state index contributed by atoms with van der Waals surface area (Å²) in [4.78, 5) is 13.4. The number of thioether (sulfide) groups is 1. The number of nitrogen functional groups attached to an aromatic ring is 1. The first kappa shape index (κ1) is 18.9. The van der Waals surface area contributed by atoms with Crippen molar-refractivity contribution >= 4 is 39.0 Å². The predicted molar refractivity (Wildman–Crippen MR) is 115 cm³/mol. The van der Waals surface area contributed by atoms with Crippen molar-refractivity contribution in [3.8, 4) is 22.5 Å². The Morgan fingerprint density at radius 1 is 1.39 bits per heavy atom. The lowest BCUT2D eigenvalue weighted by Gasteiger charge is -2.05. The molecule has 28 heavy (non-hydrogen) atoms. The fourth-order valence-corrected chi connectivity index (χ4v) is 5.33. The number of methoxy groups -OCH3 is 1. The van der Waals surface area contributed by atoms with Crippen LogP contribution in [0.15, 0.2) is 47.3 Å². The number of aromatic nitrogens is 4. The summed E-state index contributed by atoms with van der Waals surface area (Å²) in [6.07, 6.45) is 8.58. The molecular formula is C20H22N5OS2+. The second-order valence-electron chi connectivity index (χ2n) is 6.46. The number of nitrogens with zero attached hydrogens (tertiary/aromatic N) is 3. The average molecular weight is 413 g/mol. The molecule has 0 saturated carbocycles. The zero-order chi connectivity index (χ0) is 19.5. The lowest BCUT2D eigenvalue weighted by atomic mass is 10.1. The Bertz CT molecular complexity index is 1090. The van der Waals surface area contributed by atoms with Crippen LogP contribution in [0.3, 0.4) is 0 Å². The summed E-state index contributed by atoms with van der Waals surface area (Å²) in [5.74, 6) is 0.965. The molecule has 144 valence electrons. The van der Waals surface area contributed by atoms with Gasteiger partial charge in [0.15, 0.2) is 5.69 Å². The maximum atomic E-state index is 6.57. The van der Waals surface area contributed by atoms with Gasteiger partial charge in [0.05, 0.1) is 22.6 Å². The molecule has 8 heteroatoms. The highest BCUT2D eigenvalue weighted by molar-refractivity contribution is 8.01. The van der Waals surface area contributed by atoms with Gasteiger partial charge in [0, 0.05) is 48.4 Å². The lowest BCUT2D eigenvalue weighted by Crippen LogP contribution is -2.22. The minimum atomic E-state index is 0.755. The number of fused-ring (bicyclic) bond motifs is 1. The van der Waals surface area contributed by atoms with E-state index >= 15 is 0 Å². The number of imidazole rings is 1. The Morgan fingerprint density at radius 3 is 3.00 bits per heavy atom. The van der Waals surface area contributed by atoms with Crippen LogP contribution >= 0.6 is 23.1 Å². The van der Waals surface area contributed by atoms with E-state index in [0.29, 0.717) is 0 Å². The molecule has 4 aromatic heterocycles. The number of hydrogen-bond donors (Lipinski definition) is 2. The molecule has 0 saturated heterocycles. The normalized spacial score (nSPS) is 11.4. The number of rotatable bonds is 7. The molecule has 4 aromatic rings. The molecule has 0 aromatic carbocycles. The molecule has 0 radical (unpaired) electrons. The van der Waals surface area contributed by atoms with Gasteiger partial charge in [-0.2, -0.15) is 0 Å². The van der Waals surface area contributed by atoms with Crippen LogP contribution in [-0.2, 0) is 11.8 Å². The summed E-state index contributed by atoms with van der Waals surface area (Å²) >= 11 is 3.42. The molecule has 4 heterocycles. The van der Waals surface area contributed by atoms with Crippen molar-refractivity contribution in [2.75, 3.05) is 25.2 Å². The number of aromatic amines is 1. The number of hydrogen-bond acceptors (Lipinski definition) is 6. The van der Waals surface area contributed by atoms with Gasteiger partial charge in [-0.05, 0) is 24.6 Å². The first-order chi connectivity index (χ1) is 13.7. The quantitative estimate of drug-likeness (QED) is 0.273. The molecule has 0 unspecified atom stereocenters. The van der Waals surface area contributed by atoms with Gasteiger partial charge in [-0.25, -0.2) is 14.5 Å². The third kappa shape index (κ3) is 3.76. The molecule has 6 nitrogen and oxygen atoms in total. The number of nitrogens with two attached hydrogens (primary N) is 1. The van der Waals surface area contributed by atoms with Crippen LogP contribution in [0.2, 0.25) is 0 Å². The van der Waals surface area contributed by atoms with E-state index in [2.05, 4.69) is 22.2 Å². The van der Waals surface area contributed by atoms with E-state index in [9.17, 15) is 0 Å². The van der Waals surface area contributed by atoms with Gasteiger partial charge in [0.25, 0.3) is 0 Å². The second kappa shape index (κ2) is 8.30. The molecular weight excluding hydrogens is 390 g/mol. The van der Waals surface area contributed by atoms with Crippen LogP contribution in [0.1, 0.15) is 6.42 Å². The smallest absolute Gasteiger partial charge is 0.241 e. The van der Waals surface area contributed by atoms with Gasteiger partial charge in [-0.1, -0.05) is 0 Å². The van der Waals surface area contributed by atoms with Crippen LogP contribution in [-0.4, -0.2) is 34.4 Å². The van der Waals surface area contributed by atoms with Crippen LogP contribution in [0.25, 0.3) is 32.7 Å². The molecule has 4 rings (SSSR count). The summed E-state index contributed by atoms with van der Waals surface area (Å²) < 4.78 is 8.25. The van der Waals surface area contributed by atoms with Crippen LogP contribution < -0.4 is 10.3 Å². The van der Waals surface area contributed by atoms with Crippen molar-refractivity contribution in [3.05, 3.63) is 43.1 Å². The highest BCUT2D eigenvalue weighted by atomic mass is 32.2. The molecule has 0 bridgehead atoms. The van der Waals surface area contributed by atoms with Crippen molar-refractivity contribution in [1.29, 1.82) is 0 Å². The van der Waals surface area contributed by atoms with E-state index in [1.807, 2.05) is 36.3 Å². The van der Waals surface area contributed by atoms with E-state index in [1.54, 1.807) is 36.4 Å². The largest absolute Gasteiger partial charge is 0.397 e. The second-order valence-corrected chi connectivity index (χ2v) is 8.82. The third-order valence-corrected chi connectivity index (χ3v) is 6.87. The van der Waals surface area contributed by atoms with Crippen molar-refractivity contribution in [2.24, 2.45) is 7.05 Å². The molecule has 0 spiro atoms. The van der Waals surface area contributed by atoms with Gasteiger partial charge in [0.2, 0.25) is 6.33 Å². The van der Waals surface area contributed by atoms with E-state index in [-0.39, 0.29) is 0 Å². The van der Waals surface area contributed by atoms with Gasteiger partial charge < -0.3 is 10.5 Å². The van der Waals surface area contributed by atoms with Crippen molar-refractivity contribution in [2.45, 2.75) is 10.6 Å². The zero-order valence-corrected chi connectivity index (χ0v) is 17.4. The maximum absolute atomic E-state index is 6.57. The van der Waals surface area contributed by atoms with E-state index in [4.69, 9.17) is 15.5 Å². The van der Waals surface area contributed by atoms with Crippen molar-refractivity contribution in [3.63, 3.8) is 0 Å². The Balaban J connectivity index is 1.84. The minimum Gasteiger partial charge on any atom is -0.397 e. The first-order valence-corrected chi connectivity index (χ1v) is 10.8. The van der Waals surface area contributed by atoms with Crippen molar-refractivity contribution < 1.29 is 9.30 Å². The monoisotopic (exact) mass is 412 g/mol. The number of thiophene rings is 1. The SMILES string of the molecule is COCCCSc1sc2nc(-c3cccnc3)cc(-c3c[n+](C)c[nH]3)c2c1N. The van der Waals surface area contributed by atoms with E-state index < -0.39 is 0 Å². The molecule has 0 amide bonds. The van der Waals surface area contributed by atoms with Gasteiger partial charge >= 0.3 is 0 Å². The molecule has 0 aliphatic rings. The highest BCUT2D eigenvalue weighted by Crippen LogP contribution is 2.44. The summed E-state index contributed by atoms with van der Waals surface area (Å²) in [6.45, 7) is 0.755. The van der Waals surface area contributed by atoms with Gasteiger partial charge in [-0.3, -0.25) is 4.98 Å². The Labute approximate surface area is 171 Å². The topological polar surface area (TPSA) is 80.7 Å². The fourth-order valence-electron chi connectivity index (χ4n) is 3.05. The summed E-state index contributed by atoms with van der Waals surface area (Å²) in [5, 5.41) is 1.01. The van der Waals surface area contributed by atoms with Gasteiger partial charge in [0.1, 0.15) is 11.0 Å². The standard InChI is InChI=1S/C20H21N5OS2/c1-25-11-16(23-12-25)14-9-15(13-5-3-6-22-10-13)24-19-17(14)18(21)20(28-19)27-8-4-7-26-2/h3,5-6,9-12H,4,7-8,21H2,1-2H3/p+1. The lowest BCUT2D eigenvalue weighted by molar-refractivity contribution is -0.669. The van der Waals surface area contributed by atoms with E-state index in [0.717, 1.165) is 61.4 Å². The summed E-state index contributed by atoms with van der Waals surface area (Å²) in [6, 6.07) is 6.04. The first-order valence-electron chi connectivity index (χ1n) is 8.96. The van der Waals surface area contributed by atoms with Crippen molar-refractivity contribution in [1.82, 2.24) is 15.0 Å². The zero-order valence-electron chi connectivity index (χ0n) is 15.8. The third-order valence-electron chi connectivity index (χ3n) is 4.39. The number of anilines is 1. The predicted octanol–water partition coefficient (Wildman–Crippen LogP) is 3.89. The Morgan fingerprint density at radius 2 is 2.29 bits per heavy atom. The number of H-pyrrole nitrogens is 1. The highest BCUT2D eigenvalue weighted by Gasteiger charge is 2.20. The molecule has 0 atom stereocenters. The van der Waals surface area contributed by atoms with Crippen LogP contribution in [0.5, 0.6) is 0 Å². The minimum absolute atomic E-state index is 0.755. The van der Waals surface area contributed by atoms with Crippen LogP contribution in [0.4, 0.5) is 5.69 Å². The molecule has 0 aliphatic carbocycles. The summed E-state index contributed by atoms with van der Waals surface area (Å²) in [5.41, 5.74) is 11.3. The maximum Gasteiger partial charge on any atom is 0.241 e. The van der Waals surface area contributed by atoms with E-state index in [1.165, 1.54) is 0 Å². The molecule has 3 N–H and O–H groups in total. The number of ether oxygens (including phenoxy) is 1. The summed E-state index contributed by atoms with van der Waals surface area (Å²) in [7, 11) is 3.72. The number of pyridine rings is 2. The fraction of sp³-hybridized carbons (Fsp3) is 0.250. The molecule has 0 aliphatic heterocycles. The number of aryl methyl sites for hydroxylation is 1. The Hall–Kier alpha value is -2.42. The number of nitrogens with one attached hydrogen (secondary N) is 1. The Kier molecular flexibility index (Phi) is 5.61. The van der Waals surface area contributed by atoms with Crippen LogP contribution in [0, 0.1) is 0 Å². The molecule has 0 fully saturated rings.